The summed E-state index contributed by atoms with van der Waals surface area (Å²) in [6.45, 7) is 1.51. The van der Waals surface area contributed by atoms with Crippen LogP contribution in [0.3, 0.4) is 0 Å². The molecule has 0 spiro atoms. The van der Waals surface area contributed by atoms with Crippen molar-refractivity contribution in [2.45, 2.75) is 44.9 Å². The maximum absolute atomic E-state index is 14.0. The molecule has 1 atom stereocenters. The van der Waals surface area contributed by atoms with Gasteiger partial charge in [0.1, 0.15) is 17.7 Å². The number of hydrogen-bond acceptors (Lipinski definition) is 5. The van der Waals surface area contributed by atoms with Crippen LogP contribution in [0, 0.1) is 17.5 Å². The molecule has 1 fully saturated rings. The molecule has 3 heterocycles. The zero-order valence-corrected chi connectivity index (χ0v) is 16.1. The van der Waals surface area contributed by atoms with E-state index in [-0.39, 0.29) is 30.5 Å². The zero-order chi connectivity index (χ0) is 21.3. The minimum absolute atomic E-state index is 0.0544. The molecule has 2 aliphatic rings. The molecule has 2 aromatic rings. The Kier molecular flexibility index (Phi) is 5.71. The van der Waals surface area contributed by atoms with Gasteiger partial charge in [-0.05, 0) is 18.6 Å². The van der Waals surface area contributed by atoms with Gasteiger partial charge < -0.3 is 15.2 Å². The summed E-state index contributed by atoms with van der Waals surface area (Å²) in [5, 5.41) is 13.6. The van der Waals surface area contributed by atoms with Gasteiger partial charge in [0.15, 0.2) is 17.5 Å². The first-order valence-corrected chi connectivity index (χ1v) is 9.75. The van der Waals surface area contributed by atoms with Gasteiger partial charge in [-0.15, -0.1) is 10.2 Å². The molecular formula is C19H21F3N6O2. The van der Waals surface area contributed by atoms with Crippen LogP contribution in [0.4, 0.5) is 13.2 Å². The molecule has 30 heavy (non-hydrogen) atoms. The monoisotopic (exact) mass is 422 g/mol. The van der Waals surface area contributed by atoms with Gasteiger partial charge in [-0.25, -0.2) is 13.2 Å². The molecule has 2 N–H and O–H groups in total. The third kappa shape index (κ3) is 4.16. The van der Waals surface area contributed by atoms with E-state index >= 15 is 0 Å². The molecular weight excluding hydrogens is 401 g/mol. The fraction of sp³-hybridized carbons (Fsp3) is 0.474. The third-order valence-electron chi connectivity index (χ3n) is 5.45. The maximum Gasteiger partial charge on any atom is 0.242 e. The molecule has 1 aromatic heterocycles. The second kappa shape index (κ2) is 8.42. The second-order valence-corrected chi connectivity index (χ2v) is 7.41. The maximum atomic E-state index is 14.0. The van der Waals surface area contributed by atoms with Crippen molar-refractivity contribution in [1.82, 2.24) is 30.3 Å². The number of fused-ring (bicyclic) bond motifs is 1. The highest BCUT2D eigenvalue weighted by Gasteiger charge is 2.27. The molecule has 11 heteroatoms. The summed E-state index contributed by atoms with van der Waals surface area (Å²) in [5.41, 5.74) is -0.293. The summed E-state index contributed by atoms with van der Waals surface area (Å²) in [6, 6.07) is 1.17. The number of carbonyl (C=O) groups is 2. The Bertz CT molecular complexity index is 979. The molecule has 0 aliphatic carbocycles. The number of halogens is 3. The Labute approximate surface area is 170 Å². The lowest BCUT2D eigenvalue weighted by atomic mass is 10.1. The van der Waals surface area contributed by atoms with Crippen molar-refractivity contribution in [2.24, 2.45) is 0 Å². The largest absolute Gasteiger partial charge is 0.347 e. The number of carbonyl (C=O) groups excluding carboxylic acids is 2. The zero-order valence-electron chi connectivity index (χ0n) is 16.1. The van der Waals surface area contributed by atoms with Crippen LogP contribution in [0.5, 0.6) is 0 Å². The van der Waals surface area contributed by atoms with Gasteiger partial charge >= 0.3 is 0 Å². The highest BCUT2D eigenvalue weighted by molar-refractivity contribution is 5.90. The first kappa shape index (κ1) is 20.3. The van der Waals surface area contributed by atoms with E-state index in [0.29, 0.717) is 50.5 Å². The highest BCUT2D eigenvalue weighted by Crippen LogP contribution is 2.19. The lowest BCUT2D eigenvalue weighted by molar-refractivity contribution is -0.125. The molecule has 2 aliphatic heterocycles. The molecule has 0 bridgehead atoms. The lowest BCUT2D eigenvalue weighted by Crippen LogP contribution is -2.41. The smallest absolute Gasteiger partial charge is 0.242 e. The third-order valence-corrected chi connectivity index (χ3v) is 5.45. The van der Waals surface area contributed by atoms with Gasteiger partial charge in [-0.3, -0.25) is 14.5 Å². The molecule has 8 nitrogen and oxygen atoms in total. The number of nitrogens with zero attached hydrogens (tertiary/aromatic N) is 4. The van der Waals surface area contributed by atoms with Crippen LogP contribution in [-0.4, -0.2) is 50.6 Å². The van der Waals surface area contributed by atoms with Crippen molar-refractivity contribution in [3.05, 3.63) is 46.8 Å². The number of hydrogen-bond donors (Lipinski definition) is 2. The van der Waals surface area contributed by atoms with Gasteiger partial charge in [0, 0.05) is 44.6 Å². The quantitative estimate of drug-likeness (QED) is 0.691. The average molecular weight is 422 g/mol. The molecule has 2 amide bonds. The van der Waals surface area contributed by atoms with Crippen molar-refractivity contribution < 1.29 is 22.8 Å². The van der Waals surface area contributed by atoms with Crippen LogP contribution in [0.25, 0.3) is 0 Å². The SMILES string of the molecule is O=C1CCC(C(=O)NCc2nnc3n2CCN(Cc2c(F)ccc(F)c2F)CC3)N1. The number of nitrogens with one attached hydrogen (secondary N) is 2. The van der Waals surface area contributed by atoms with Crippen LogP contribution < -0.4 is 10.6 Å². The molecule has 0 saturated carbocycles. The molecule has 160 valence electrons. The molecule has 0 radical (unpaired) electrons. The van der Waals surface area contributed by atoms with E-state index in [4.69, 9.17) is 0 Å². The summed E-state index contributed by atoms with van der Waals surface area (Å²) in [4.78, 5) is 25.3. The van der Waals surface area contributed by atoms with E-state index in [1.165, 1.54) is 0 Å². The van der Waals surface area contributed by atoms with Crippen molar-refractivity contribution in [1.29, 1.82) is 0 Å². The van der Waals surface area contributed by atoms with E-state index < -0.39 is 23.5 Å². The lowest BCUT2D eigenvalue weighted by Gasteiger charge is -2.20. The molecule has 1 aromatic carbocycles. The fourth-order valence-corrected chi connectivity index (χ4v) is 3.75. The molecule has 4 rings (SSSR count). The van der Waals surface area contributed by atoms with Crippen molar-refractivity contribution >= 4 is 11.8 Å². The summed E-state index contributed by atoms with van der Waals surface area (Å²) < 4.78 is 43.3. The Morgan fingerprint density at radius 2 is 1.93 bits per heavy atom. The topological polar surface area (TPSA) is 92.1 Å². The van der Waals surface area contributed by atoms with Gasteiger partial charge in [0.25, 0.3) is 0 Å². The predicted molar refractivity (Wildman–Crippen MR) is 98.3 cm³/mol. The minimum atomic E-state index is -1.17. The first-order chi connectivity index (χ1) is 14.4. The normalized spacial score (nSPS) is 19.3. The minimum Gasteiger partial charge on any atom is -0.347 e. The van der Waals surface area contributed by atoms with Crippen LogP contribution >= 0.6 is 0 Å². The second-order valence-electron chi connectivity index (χ2n) is 7.41. The van der Waals surface area contributed by atoms with Gasteiger partial charge in [-0.1, -0.05) is 0 Å². The van der Waals surface area contributed by atoms with E-state index in [1.807, 2.05) is 9.47 Å². The van der Waals surface area contributed by atoms with Crippen molar-refractivity contribution in [3.63, 3.8) is 0 Å². The fourth-order valence-electron chi connectivity index (χ4n) is 3.75. The Morgan fingerprint density at radius 3 is 2.70 bits per heavy atom. The van der Waals surface area contributed by atoms with Gasteiger partial charge in [-0.2, -0.15) is 0 Å². The molecule has 1 unspecified atom stereocenters. The Balaban J connectivity index is 1.38. The van der Waals surface area contributed by atoms with Crippen LogP contribution in [-0.2, 0) is 35.6 Å². The average Bonchev–Trinajstić information content (AvgIpc) is 3.28. The van der Waals surface area contributed by atoms with Crippen LogP contribution in [0.1, 0.15) is 30.1 Å². The number of rotatable bonds is 5. The van der Waals surface area contributed by atoms with E-state index in [2.05, 4.69) is 20.8 Å². The predicted octanol–water partition coefficient (Wildman–Crippen LogP) is 0.648. The standard InChI is InChI=1S/C19H21F3N6O2/c20-12-1-2-13(21)18(22)11(12)10-27-6-5-15-25-26-16(28(15)8-7-27)9-23-19(30)14-3-4-17(29)24-14/h1-2,14H,3-10H2,(H,23,30)(H,24,29). The Morgan fingerprint density at radius 1 is 1.13 bits per heavy atom. The first-order valence-electron chi connectivity index (χ1n) is 9.75. The van der Waals surface area contributed by atoms with E-state index in [1.54, 1.807) is 0 Å². The van der Waals surface area contributed by atoms with E-state index in [0.717, 1.165) is 12.1 Å². The molecule has 1 saturated heterocycles. The summed E-state index contributed by atoms with van der Waals surface area (Å²) >= 11 is 0. The van der Waals surface area contributed by atoms with Crippen molar-refractivity contribution in [2.75, 3.05) is 13.1 Å². The van der Waals surface area contributed by atoms with Gasteiger partial charge in [0.05, 0.1) is 6.54 Å². The number of amides is 2. The van der Waals surface area contributed by atoms with Crippen LogP contribution in [0.15, 0.2) is 12.1 Å². The van der Waals surface area contributed by atoms with Crippen molar-refractivity contribution in [3.8, 4) is 0 Å². The highest BCUT2D eigenvalue weighted by atomic mass is 19.2. The van der Waals surface area contributed by atoms with Crippen LogP contribution in [0.2, 0.25) is 0 Å². The number of benzene rings is 1. The summed E-state index contributed by atoms with van der Waals surface area (Å²) in [6.07, 6.45) is 1.30. The summed E-state index contributed by atoms with van der Waals surface area (Å²) in [5.74, 6) is -2.16. The Hall–Kier alpha value is -2.95. The number of aromatic nitrogens is 3. The van der Waals surface area contributed by atoms with Gasteiger partial charge in [0.2, 0.25) is 11.8 Å². The summed E-state index contributed by atoms with van der Waals surface area (Å²) in [7, 11) is 0. The van der Waals surface area contributed by atoms with E-state index in [9.17, 15) is 22.8 Å².